The number of nitrogens with zero attached hydrogens (tertiary/aromatic N) is 4. The van der Waals surface area contributed by atoms with Crippen molar-refractivity contribution in [1.82, 2.24) is 25.0 Å². The summed E-state index contributed by atoms with van der Waals surface area (Å²) in [6.07, 6.45) is 2.55. The van der Waals surface area contributed by atoms with Gasteiger partial charge in [-0.1, -0.05) is 54.2 Å². The number of halogens is 1. The number of rotatable bonds is 8. The molecule has 0 saturated carbocycles. The molecule has 1 N–H and O–H groups in total. The van der Waals surface area contributed by atoms with Gasteiger partial charge in [0.2, 0.25) is 5.91 Å². The topological polar surface area (TPSA) is 80.1 Å². The van der Waals surface area contributed by atoms with E-state index in [1.54, 1.807) is 19.1 Å². The fourth-order valence-corrected chi connectivity index (χ4v) is 4.80. The lowest BCUT2D eigenvalue weighted by atomic mass is 10.00. The highest BCUT2D eigenvalue weighted by Gasteiger charge is 2.24. The van der Waals surface area contributed by atoms with Gasteiger partial charge in [0.15, 0.2) is 11.0 Å². The SMILES string of the molecule is C=CCn1c(SCC(=O)N2CCc3ccccc3C2)nnc1[C@@H](C)NC(=O)c1ccccc1F. The molecule has 9 heteroatoms. The van der Waals surface area contributed by atoms with Crippen molar-refractivity contribution in [1.29, 1.82) is 0 Å². The van der Waals surface area contributed by atoms with Crippen LogP contribution in [0.3, 0.4) is 0 Å². The molecule has 3 aromatic rings. The second kappa shape index (κ2) is 10.6. The van der Waals surface area contributed by atoms with Crippen LogP contribution in [0.5, 0.6) is 0 Å². The quantitative estimate of drug-likeness (QED) is 0.393. The van der Waals surface area contributed by atoms with Gasteiger partial charge in [0, 0.05) is 19.6 Å². The molecule has 1 aromatic heterocycles. The Bertz CT molecular complexity index is 1210. The zero-order chi connectivity index (χ0) is 24.1. The van der Waals surface area contributed by atoms with Crippen molar-refractivity contribution < 1.29 is 14.0 Å². The minimum absolute atomic E-state index is 0.0348. The summed E-state index contributed by atoms with van der Waals surface area (Å²) in [4.78, 5) is 27.2. The van der Waals surface area contributed by atoms with Gasteiger partial charge < -0.3 is 14.8 Å². The van der Waals surface area contributed by atoms with Gasteiger partial charge in [0.25, 0.3) is 5.91 Å². The molecule has 176 valence electrons. The molecule has 0 unspecified atom stereocenters. The molecule has 1 aliphatic heterocycles. The number of carbonyl (C=O) groups excluding carboxylic acids is 2. The summed E-state index contributed by atoms with van der Waals surface area (Å²) in [5.74, 6) is -0.349. The Morgan fingerprint density at radius 1 is 1.18 bits per heavy atom. The number of hydrogen-bond acceptors (Lipinski definition) is 5. The van der Waals surface area contributed by atoms with Crippen molar-refractivity contribution in [3.63, 3.8) is 0 Å². The molecule has 2 aromatic carbocycles. The molecule has 0 saturated heterocycles. The smallest absolute Gasteiger partial charge is 0.254 e. The Hall–Kier alpha value is -3.46. The predicted molar refractivity (Wildman–Crippen MR) is 129 cm³/mol. The number of hydrogen-bond donors (Lipinski definition) is 1. The van der Waals surface area contributed by atoms with Crippen LogP contribution in [0.2, 0.25) is 0 Å². The standard InChI is InChI=1S/C25H26FN5O2S/c1-3-13-31-23(17(2)27-24(33)20-10-6-7-11-21(20)26)28-29-25(31)34-16-22(32)30-14-12-18-8-4-5-9-19(18)15-30/h3-11,17H,1,12-16H2,2H3,(H,27,33)/t17-/m1/s1. The molecule has 0 radical (unpaired) electrons. The van der Waals surface area contributed by atoms with E-state index in [-0.39, 0.29) is 17.2 Å². The number of nitrogens with one attached hydrogen (secondary N) is 1. The zero-order valence-electron chi connectivity index (χ0n) is 18.9. The molecule has 0 bridgehead atoms. The van der Waals surface area contributed by atoms with Crippen molar-refractivity contribution >= 4 is 23.6 Å². The fourth-order valence-electron chi connectivity index (χ4n) is 3.94. The summed E-state index contributed by atoms with van der Waals surface area (Å²) < 4.78 is 15.8. The molecule has 0 spiro atoms. The van der Waals surface area contributed by atoms with Crippen molar-refractivity contribution in [3.8, 4) is 0 Å². The molecule has 2 heterocycles. The lowest BCUT2D eigenvalue weighted by Gasteiger charge is -2.28. The van der Waals surface area contributed by atoms with Crippen LogP contribution in [0.4, 0.5) is 4.39 Å². The molecular weight excluding hydrogens is 453 g/mol. The van der Waals surface area contributed by atoms with Gasteiger partial charge in [-0.3, -0.25) is 9.59 Å². The van der Waals surface area contributed by atoms with Gasteiger partial charge in [-0.15, -0.1) is 16.8 Å². The van der Waals surface area contributed by atoms with E-state index in [9.17, 15) is 14.0 Å². The maximum Gasteiger partial charge on any atom is 0.254 e. The Morgan fingerprint density at radius 2 is 1.91 bits per heavy atom. The van der Waals surface area contributed by atoms with E-state index in [1.807, 2.05) is 21.6 Å². The van der Waals surface area contributed by atoms with Gasteiger partial charge in [0.05, 0.1) is 17.4 Å². The van der Waals surface area contributed by atoms with E-state index in [4.69, 9.17) is 0 Å². The van der Waals surface area contributed by atoms with Crippen LogP contribution in [0, 0.1) is 5.82 Å². The Kier molecular flexibility index (Phi) is 7.42. The predicted octanol–water partition coefficient (Wildman–Crippen LogP) is 3.77. The van der Waals surface area contributed by atoms with E-state index < -0.39 is 17.8 Å². The Balaban J connectivity index is 1.42. The third-order valence-corrected chi connectivity index (χ3v) is 6.67. The minimum atomic E-state index is -0.588. The van der Waals surface area contributed by atoms with Crippen LogP contribution in [0.1, 0.15) is 40.3 Å². The number of amides is 2. The zero-order valence-corrected chi connectivity index (χ0v) is 19.7. The highest BCUT2D eigenvalue weighted by atomic mass is 32.2. The summed E-state index contributed by atoms with van der Waals surface area (Å²) in [6.45, 7) is 7.26. The fraction of sp³-hybridized carbons (Fsp3) is 0.280. The van der Waals surface area contributed by atoms with Crippen LogP contribution < -0.4 is 5.32 Å². The van der Waals surface area contributed by atoms with Crippen molar-refractivity contribution in [2.24, 2.45) is 0 Å². The van der Waals surface area contributed by atoms with Gasteiger partial charge in [0.1, 0.15) is 5.82 Å². The maximum atomic E-state index is 14.0. The molecular formula is C25H26FN5O2S. The van der Waals surface area contributed by atoms with Gasteiger partial charge in [-0.25, -0.2) is 4.39 Å². The van der Waals surface area contributed by atoms with Crippen LogP contribution in [-0.2, 0) is 24.3 Å². The molecule has 1 aliphatic rings. The highest BCUT2D eigenvalue weighted by Crippen LogP contribution is 2.24. The van der Waals surface area contributed by atoms with Gasteiger partial charge in [-0.2, -0.15) is 0 Å². The first-order valence-electron chi connectivity index (χ1n) is 11.0. The molecule has 34 heavy (non-hydrogen) atoms. The van der Waals surface area contributed by atoms with Crippen LogP contribution in [-0.4, -0.2) is 43.8 Å². The lowest BCUT2D eigenvalue weighted by Crippen LogP contribution is -2.37. The third kappa shape index (κ3) is 5.20. The molecule has 2 amide bonds. The van der Waals surface area contributed by atoms with E-state index in [2.05, 4.69) is 34.2 Å². The number of benzene rings is 2. The van der Waals surface area contributed by atoms with E-state index in [1.165, 1.54) is 41.1 Å². The second-order valence-corrected chi connectivity index (χ2v) is 8.98. The molecule has 0 fully saturated rings. The molecule has 4 rings (SSSR count). The van der Waals surface area contributed by atoms with Crippen molar-refractivity contribution in [2.45, 2.75) is 37.6 Å². The summed E-state index contributed by atoms with van der Waals surface area (Å²) in [7, 11) is 0. The number of thioether (sulfide) groups is 1. The van der Waals surface area contributed by atoms with Crippen molar-refractivity contribution in [3.05, 3.63) is 89.5 Å². The summed E-state index contributed by atoms with van der Waals surface area (Å²) in [5, 5.41) is 11.8. The van der Waals surface area contributed by atoms with Crippen LogP contribution >= 0.6 is 11.8 Å². The lowest BCUT2D eigenvalue weighted by molar-refractivity contribution is -0.129. The summed E-state index contributed by atoms with van der Waals surface area (Å²) >= 11 is 1.30. The first-order chi connectivity index (χ1) is 16.5. The third-order valence-electron chi connectivity index (χ3n) is 5.72. The van der Waals surface area contributed by atoms with Crippen LogP contribution in [0.25, 0.3) is 0 Å². The molecule has 1 atom stereocenters. The highest BCUT2D eigenvalue weighted by molar-refractivity contribution is 7.99. The number of aromatic nitrogens is 3. The second-order valence-electron chi connectivity index (χ2n) is 8.04. The first-order valence-corrected chi connectivity index (χ1v) is 12.0. The average molecular weight is 480 g/mol. The minimum Gasteiger partial charge on any atom is -0.342 e. The number of fused-ring (bicyclic) bond motifs is 1. The number of carbonyl (C=O) groups is 2. The monoisotopic (exact) mass is 479 g/mol. The first kappa shape index (κ1) is 23.7. The average Bonchev–Trinajstić information content (AvgIpc) is 3.25. The molecule has 0 aliphatic carbocycles. The van der Waals surface area contributed by atoms with E-state index in [0.29, 0.717) is 30.6 Å². The molecule has 7 nitrogen and oxygen atoms in total. The van der Waals surface area contributed by atoms with Crippen LogP contribution in [0.15, 0.2) is 66.3 Å². The Morgan fingerprint density at radius 3 is 2.68 bits per heavy atom. The van der Waals surface area contributed by atoms with Gasteiger partial charge in [-0.05, 0) is 36.6 Å². The van der Waals surface area contributed by atoms with Gasteiger partial charge >= 0.3 is 0 Å². The summed E-state index contributed by atoms with van der Waals surface area (Å²) in [5.41, 5.74) is 2.44. The maximum absolute atomic E-state index is 14.0. The largest absolute Gasteiger partial charge is 0.342 e. The van der Waals surface area contributed by atoms with Crippen molar-refractivity contribution in [2.75, 3.05) is 12.3 Å². The number of allylic oxidation sites excluding steroid dienone is 1. The van der Waals surface area contributed by atoms with E-state index >= 15 is 0 Å². The summed E-state index contributed by atoms with van der Waals surface area (Å²) in [6, 6.07) is 13.5. The normalized spacial score (nSPS) is 13.8. The van der Waals surface area contributed by atoms with E-state index in [0.717, 1.165) is 6.42 Å². The Labute approximate surface area is 202 Å².